The Morgan fingerprint density at radius 2 is 1.80 bits per heavy atom. The predicted molar refractivity (Wildman–Crippen MR) is 54.2 cm³/mol. The molecule has 82 valence electrons. The molecule has 0 amide bonds. The van der Waals surface area contributed by atoms with Crippen molar-refractivity contribution in [1.29, 1.82) is 0 Å². The van der Waals surface area contributed by atoms with Gasteiger partial charge in [0.1, 0.15) is 0 Å². The first-order chi connectivity index (χ1) is 7.15. The van der Waals surface area contributed by atoms with Crippen LogP contribution in [0.2, 0.25) is 0 Å². The minimum absolute atomic E-state index is 0.155. The predicted octanol–water partition coefficient (Wildman–Crippen LogP) is 1.23. The van der Waals surface area contributed by atoms with Crippen LogP contribution in [0.25, 0.3) is 0 Å². The van der Waals surface area contributed by atoms with Crippen LogP contribution in [0.15, 0.2) is 12.4 Å². The van der Waals surface area contributed by atoms with Gasteiger partial charge in [-0.15, -0.1) is 0 Å². The topological polar surface area (TPSA) is 38.2 Å². The van der Waals surface area contributed by atoms with Gasteiger partial charge in [-0.3, -0.25) is 0 Å². The molecule has 0 radical (unpaired) electrons. The number of morpholine rings is 1. The number of halogens is 1. The summed E-state index contributed by atoms with van der Waals surface area (Å²) in [5.41, 5.74) is 0. The molecule has 1 aliphatic heterocycles. The highest BCUT2D eigenvalue weighted by molar-refractivity contribution is 5.29. The second-order valence-corrected chi connectivity index (χ2v) is 3.86. The molecule has 1 saturated heterocycles. The Morgan fingerprint density at radius 1 is 1.27 bits per heavy atom. The lowest BCUT2D eigenvalue weighted by Crippen LogP contribution is -2.46. The first-order valence-corrected chi connectivity index (χ1v) is 5.03. The monoisotopic (exact) mass is 211 g/mol. The van der Waals surface area contributed by atoms with Crippen LogP contribution in [0.1, 0.15) is 13.8 Å². The van der Waals surface area contributed by atoms with Gasteiger partial charge in [-0.1, -0.05) is 0 Å². The van der Waals surface area contributed by atoms with Crippen LogP contribution in [0.5, 0.6) is 0 Å². The Hall–Kier alpha value is -1.23. The number of aromatic nitrogens is 2. The molecule has 1 aromatic heterocycles. The summed E-state index contributed by atoms with van der Waals surface area (Å²) in [5, 5.41) is 0. The molecule has 2 rings (SSSR count). The van der Waals surface area contributed by atoms with Crippen LogP contribution in [-0.2, 0) is 4.74 Å². The average Bonchev–Trinajstić information content (AvgIpc) is 2.17. The summed E-state index contributed by atoms with van der Waals surface area (Å²) in [6.45, 7) is 5.50. The summed E-state index contributed by atoms with van der Waals surface area (Å²) in [4.78, 5) is 9.92. The van der Waals surface area contributed by atoms with Crippen molar-refractivity contribution >= 4 is 5.95 Å². The van der Waals surface area contributed by atoms with E-state index in [4.69, 9.17) is 4.74 Å². The van der Waals surface area contributed by atoms with E-state index in [2.05, 4.69) is 9.97 Å². The van der Waals surface area contributed by atoms with Crippen molar-refractivity contribution < 1.29 is 9.13 Å². The smallest absolute Gasteiger partial charge is 0.225 e. The molecule has 15 heavy (non-hydrogen) atoms. The van der Waals surface area contributed by atoms with Gasteiger partial charge in [-0.25, -0.2) is 14.4 Å². The van der Waals surface area contributed by atoms with Gasteiger partial charge in [-0.05, 0) is 13.8 Å². The van der Waals surface area contributed by atoms with E-state index in [1.54, 1.807) is 0 Å². The maximum atomic E-state index is 12.6. The maximum absolute atomic E-state index is 12.6. The third kappa shape index (κ3) is 2.41. The fourth-order valence-corrected chi connectivity index (χ4v) is 1.81. The van der Waals surface area contributed by atoms with Crippen LogP contribution in [-0.4, -0.2) is 35.3 Å². The number of anilines is 1. The molecule has 1 aromatic rings. The molecule has 0 unspecified atom stereocenters. The number of hydrogen-bond donors (Lipinski definition) is 0. The van der Waals surface area contributed by atoms with Crippen molar-refractivity contribution in [2.75, 3.05) is 18.0 Å². The van der Waals surface area contributed by atoms with Crippen molar-refractivity contribution in [2.24, 2.45) is 0 Å². The maximum Gasteiger partial charge on any atom is 0.225 e. The van der Waals surface area contributed by atoms with Gasteiger partial charge in [0.2, 0.25) is 5.95 Å². The van der Waals surface area contributed by atoms with Crippen molar-refractivity contribution in [3.63, 3.8) is 0 Å². The third-order valence-corrected chi connectivity index (χ3v) is 2.31. The molecule has 0 bridgehead atoms. The van der Waals surface area contributed by atoms with E-state index in [0.717, 1.165) is 13.1 Å². The van der Waals surface area contributed by atoms with Crippen molar-refractivity contribution in [1.82, 2.24) is 9.97 Å². The molecule has 4 nitrogen and oxygen atoms in total. The number of ether oxygens (including phenoxy) is 1. The van der Waals surface area contributed by atoms with E-state index >= 15 is 0 Å². The van der Waals surface area contributed by atoms with E-state index in [0.29, 0.717) is 5.95 Å². The van der Waals surface area contributed by atoms with Crippen molar-refractivity contribution in [3.8, 4) is 0 Å². The highest BCUT2D eigenvalue weighted by atomic mass is 19.1. The standard InChI is InChI=1S/C10H14FN3O/c1-7-5-14(6-8(2)15-7)10-12-3-9(11)4-13-10/h3-4,7-8H,5-6H2,1-2H3/t7-,8-/m0/s1. The molecule has 0 saturated carbocycles. The summed E-state index contributed by atoms with van der Waals surface area (Å²) in [7, 11) is 0. The molecule has 1 aliphatic rings. The minimum Gasteiger partial charge on any atom is -0.372 e. The van der Waals surface area contributed by atoms with E-state index in [1.165, 1.54) is 12.4 Å². The Kier molecular flexibility index (Phi) is 2.81. The fourth-order valence-electron chi connectivity index (χ4n) is 1.81. The van der Waals surface area contributed by atoms with Crippen molar-refractivity contribution in [3.05, 3.63) is 18.2 Å². The lowest BCUT2D eigenvalue weighted by atomic mass is 10.2. The molecule has 5 heteroatoms. The zero-order valence-corrected chi connectivity index (χ0v) is 8.85. The molecule has 0 N–H and O–H groups in total. The normalized spacial score (nSPS) is 26.7. The number of rotatable bonds is 1. The van der Waals surface area contributed by atoms with E-state index in [9.17, 15) is 4.39 Å². The second-order valence-electron chi connectivity index (χ2n) is 3.86. The van der Waals surface area contributed by atoms with Gasteiger partial charge in [0, 0.05) is 13.1 Å². The molecular formula is C10H14FN3O. The lowest BCUT2D eigenvalue weighted by molar-refractivity contribution is -0.00572. The van der Waals surface area contributed by atoms with E-state index in [1.807, 2.05) is 18.7 Å². The van der Waals surface area contributed by atoms with Gasteiger partial charge in [0.15, 0.2) is 5.82 Å². The summed E-state index contributed by atoms with van der Waals surface area (Å²) >= 11 is 0. The Labute approximate surface area is 88.1 Å². The van der Waals surface area contributed by atoms with Gasteiger partial charge in [0.25, 0.3) is 0 Å². The van der Waals surface area contributed by atoms with Crippen LogP contribution < -0.4 is 4.90 Å². The highest BCUT2D eigenvalue weighted by Gasteiger charge is 2.23. The van der Waals surface area contributed by atoms with Crippen LogP contribution in [0.4, 0.5) is 10.3 Å². The quantitative estimate of drug-likeness (QED) is 0.700. The van der Waals surface area contributed by atoms with Gasteiger partial charge in [0.05, 0.1) is 24.6 Å². The zero-order valence-electron chi connectivity index (χ0n) is 8.85. The fraction of sp³-hybridized carbons (Fsp3) is 0.600. The minimum atomic E-state index is -0.409. The Bertz CT molecular complexity index is 320. The molecule has 0 spiro atoms. The molecule has 1 fully saturated rings. The number of nitrogens with zero attached hydrogens (tertiary/aromatic N) is 3. The first-order valence-electron chi connectivity index (χ1n) is 5.03. The highest BCUT2D eigenvalue weighted by Crippen LogP contribution is 2.15. The molecule has 0 aromatic carbocycles. The first kappa shape index (κ1) is 10.3. The third-order valence-electron chi connectivity index (χ3n) is 2.31. The molecule has 0 aliphatic carbocycles. The summed E-state index contributed by atoms with van der Waals surface area (Å²) < 4.78 is 18.2. The summed E-state index contributed by atoms with van der Waals surface area (Å²) in [6, 6.07) is 0. The number of hydrogen-bond acceptors (Lipinski definition) is 4. The average molecular weight is 211 g/mol. The van der Waals surface area contributed by atoms with Gasteiger partial charge in [-0.2, -0.15) is 0 Å². The van der Waals surface area contributed by atoms with Gasteiger partial charge < -0.3 is 9.64 Å². The SMILES string of the molecule is C[C@H]1CN(c2ncc(F)cn2)C[C@H](C)O1. The Balaban J connectivity index is 2.12. The summed E-state index contributed by atoms with van der Waals surface area (Å²) in [6.07, 6.45) is 2.69. The molecule has 2 heterocycles. The summed E-state index contributed by atoms with van der Waals surface area (Å²) in [5.74, 6) is 0.159. The van der Waals surface area contributed by atoms with E-state index in [-0.39, 0.29) is 12.2 Å². The molecular weight excluding hydrogens is 197 g/mol. The van der Waals surface area contributed by atoms with Crippen LogP contribution in [0.3, 0.4) is 0 Å². The van der Waals surface area contributed by atoms with Gasteiger partial charge >= 0.3 is 0 Å². The van der Waals surface area contributed by atoms with Crippen molar-refractivity contribution in [2.45, 2.75) is 26.1 Å². The molecule has 2 atom stereocenters. The largest absolute Gasteiger partial charge is 0.372 e. The van der Waals surface area contributed by atoms with E-state index < -0.39 is 5.82 Å². The Morgan fingerprint density at radius 3 is 2.33 bits per heavy atom. The zero-order chi connectivity index (χ0) is 10.8. The van der Waals surface area contributed by atoms with Crippen LogP contribution in [0, 0.1) is 5.82 Å². The van der Waals surface area contributed by atoms with Crippen LogP contribution >= 0.6 is 0 Å². The second kappa shape index (κ2) is 4.10. The lowest BCUT2D eigenvalue weighted by Gasteiger charge is -2.35.